The Labute approximate surface area is 118 Å². The predicted octanol–water partition coefficient (Wildman–Crippen LogP) is 3.45. The van der Waals surface area contributed by atoms with Crippen molar-refractivity contribution in [1.29, 1.82) is 0 Å². The van der Waals surface area contributed by atoms with Crippen molar-refractivity contribution in [2.75, 3.05) is 0 Å². The molecule has 0 amide bonds. The first-order valence-electron chi connectivity index (χ1n) is 6.46. The standard InChI is InChI=1S/C16H18N2O2/c1-10-5-6-11(16(2,3)4)7-12(10)13-8-14(15(19)20)18-9-17-13/h5-9H,1-4H3,(H,19,20). The highest BCUT2D eigenvalue weighted by molar-refractivity contribution is 5.86. The van der Waals surface area contributed by atoms with Gasteiger partial charge in [-0.2, -0.15) is 0 Å². The third kappa shape index (κ3) is 2.85. The molecule has 0 aliphatic carbocycles. The quantitative estimate of drug-likeness (QED) is 0.907. The molecule has 1 aromatic heterocycles. The first-order chi connectivity index (χ1) is 9.29. The van der Waals surface area contributed by atoms with Crippen LogP contribution < -0.4 is 0 Å². The Hall–Kier alpha value is -2.23. The van der Waals surface area contributed by atoms with Crippen molar-refractivity contribution in [2.45, 2.75) is 33.1 Å². The number of carboxylic acids is 1. The average Bonchev–Trinajstić information content (AvgIpc) is 2.38. The van der Waals surface area contributed by atoms with Gasteiger partial charge in [0.1, 0.15) is 6.33 Å². The van der Waals surface area contributed by atoms with Crippen molar-refractivity contribution in [2.24, 2.45) is 0 Å². The number of rotatable bonds is 2. The molecule has 0 spiro atoms. The molecule has 4 nitrogen and oxygen atoms in total. The summed E-state index contributed by atoms with van der Waals surface area (Å²) in [6, 6.07) is 7.72. The van der Waals surface area contributed by atoms with E-state index in [-0.39, 0.29) is 11.1 Å². The molecule has 1 heterocycles. The van der Waals surface area contributed by atoms with Crippen LogP contribution in [0.1, 0.15) is 42.4 Å². The van der Waals surface area contributed by atoms with Crippen LogP contribution in [0.25, 0.3) is 11.3 Å². The van der Waals surface area contributed by atoms with Crippen LogP contribution >= 0.6 is 0 Å². The summed E-state index contributed by atoms with van der Waals surface area (Å²) in [5, 5.41) is 9.02. The van der Waals surface area contributed by atoms with Crippen molar-refractivity contribution in [1.82, 2.24) is 9.97 Å². The number of hydrogen-bond acceptors (Lipinski definition) is 3. The first kappa shape index (κ1) is 14.2. The van der Waals surface area contributed by atoms with E-state index in [9.17, 15) is 4.79 Å². The fourth-order valence-corrected chi connectivity index (χ4v) is 1.99. The summed E-state index contributed by atoms with van der Waals surface area (Å²) in [6.07, 6.45) is 1.29. The third-order valence-electron chi connectivity index (χ3n) is 3.27. The summed E-state index contributed by atoms with van der Waals surface area (Å²) < 4.78 is 0. The van der Waals surface area contributed by atoms with Gasteiger partial charge in [0.25, 0.3) is 0 Å². The van der Waals surface area contributed by atoms with Crippen molar-refractivity contribution < 1.29 is 9.90 Å². The second kappa shape index (κ2) is 5.04. The molecular weight excluding hydrogens is 252 g/mol. The van der Waals surface area contributed by atoms with Crippen LogP contribution in [-0.4, -0.2) is 21.0 Å². The fraction of sp³-hybridized carbons (Fsp3) is 0.312. The maximum Gasteiger partial charge on any atom is 0.354 e. The number of aryl methyl sites for hydroxylation is 1. The zero-order chi connectivity index (χ0) is 14.9. The number of benzene rings is 1. The predicted molar refractivity (Wildman–Crippen MR) is 77.9 cm³/mol. The molecule has 0 radical (unpaired) electrons. The van der Waals surface area contributed by atoms with Crippen LogP contribution in [0, 0.1) is 6.92 Å². The van der Waals surface area contributed by atoms with Gasteiger partial charge < -0.3 is 5.11 Å². The Morgan fingerprint density at radius 3 is 2.45 bits per heavy atom. The van der Waals surface area contributed by atoms with Crippen LogP contribution in [0.4, 0.5) is 0 Å². The molecule has 104 valence electrons. The molecule has 0 saturated carbocycles. The van der Waals surface area contributed by atoms with Gasteiger partial charge in [-0.15, -0.1) is 0 Å². The molecule has 0 aliphatic heterocycles. The van der Waals surface area contributed by atoms with Gasteiger partial charge in [-0.05, 0) is 35.6 Å². The van der Waals surface area contributed by atoms with Gasteiger partial charge in [0.15, 0.2) is 5.69 Å². The van der Waals surface area contributed by atoms with Crippen LogP contribution in [0.2, 0.25) is 0 Å². The van der Waals surface area contributed by atoms with Gasteiger partial charge in [-0.3, -0.25) is 0 Å². The Morgan fingerprint density at radius 2 is 1.85 bits per heavy atom. The SMILES string of the molecule is Cc1ccc(C(C)(C)C)cc1-c1cc(C(=O)O)ncn1. The van der Waals surface area contributed by atoms with Gasteiger partial charge in [-0.1, -0.05) is 32.9 Å². The summed E-state index contributed by atoms with van der Waals surface area (Å²) in [4.78, 5) is 19.0. The van der Waals surface area contributed by atoms with E-state index in [1.165, 1.54) is 18.0 Å². The minimum absolute atomic E-state index is 0.00978. The van der Waals surface area contributed by atoms with Gasteiger partial charge in [0.2, 0.25) is 0 Å². The van der Waals surface area contributed by atoms with Gasteiger partial charge in [-0.25, -0.2) is 14.8 Å². The lowest BCUT2D eigenvalue weighted by Gasteiger charge is -2.20. The van der Waals surface area contributed by atoms with E-state index in [2.05, 4.69) is 42.9 Å². The normalized spacial score (nSPS) is 11.4. The lowest BCUT2D eigenvalue weighted by atomic mass is 9.85. The molecule has 2 aromatic rings. The van der Waals surface area contributed by atoms with E-state index < -0.39 is 5.97 Å². The van der Waals surface area contributed by atoms with E-state index in [4.69, 9.17) is 5.11 Å². The number of hydrogen-bond donors (Lipinski definition) is 1. The molecule has 0 unspecified atom stereocenters. The first-order valence-corrected chi connectivity index (χ1v) is 6.46. The average molecular weight is 270 g/mol. The minimum Gasteiger partial charge on any atom is -0.477 e. The van der Waals surface area contributed by atoms with E-state index >= 15 is 0 Å². The maximum absolute atomic E-state index is 11.0. The lowest BCUT2D eigenvalue weighted by Crippen LogP contribution is -2.11. The smallest absolute Gasteiger partial charge is 0.354 e. The van der Waals surface area contributed by atoms with E-state index in [1.807, 2.05) is 13.0 Å². The summed E-state index contributed by atoms with van der Waals surface area (Å²) >= 11 is 0. The molecule has 0 atom stereocenters. The molecule has 0 saturated heterocycles. The van der Waals surface area contributed by atoms with Crippen molar-refractivity contribution in [3.05, 3.63) is 47.4 Å². The van der Waals surface area contributed by atoms with Crippen molar-refractivity contribution in [3.63, 3.8) is 0 Å². The number of aromatic carboxylic acids is 1. The second-order valence-corrected chi connectivity index (χ2v) is 5.87. The molecule has 2 rings (SSSR count). The van der Waals surface area contributed by atoms with Crippen LogP contribution in [0.3, 0.4) is 0 Å². The molecule has 1 aromatic carbocycles. The molecule has 4 heteroatoms. The minimum atomic E-state index is -1.04. The van der Waals surface area contributed by atoms with Gasteiger partial charge in [0.05, 0.1) is 5.69 Å². The molecule has 1 N–H and O–H groups in total. The Morgan fingerprint density at radius 1 is 1.15 bits per heavy atom. The van der Waals surface area contributed by atoms with Gasteiger partial charge in [0, 0.05) is 5.56 Å². The van der Waals surface area contributed by atoms with E-state index in [1.54, 1.807) is 0 Å². The lowest BCUT2D eigenvalue weighted by molar-refractivity contribution is 0.0690. The van der Waals surface area contributed by atoms with E-state index in [0.717, 1.165) is 11.1 Å². The summed E-state index contributed by atoms with van der Waals surface area (Å²) in [5.74, 6) is -1.04. The highest BCUT2D eigenvalue weighted by Crippen LogP contribution is 2.29. The summed E-state index contributed by atoms with van der Waals surface area (Å²) in [5.41, 5.74) is 3.88. The molecule has 0 bridgehead atoms. The highest BCUT2D eigenvalue weighted by atomic mass is 16.4. The number of aromatic nitrogens is 2. The molecule has 0 fully saturated rings. The topological polar surface area (TPSA) is 63.1 Å². The maximum atomic E-state index is 11.0. The van der Waals surface area contributed by atoms with Crippen molar-refractivity contribution in [3.8, 4) is 11.3 Å². The monoisotopic (exact) mass is 270 g/mol. The van der Waals surface area contributed by atoms with Crippen molar-refractivity contribution >= 4 is 5.97 Å². The Kier molecular flexibility index (Phi) is 3.57. The fourth-order valence-electron chi connectivity index (χ4n) is 1.99. The number of carboxylic acid groups (broad SMARTS) is 1. The summed E-state index contributed by atoms with van der Waals surface area (Å²) in [7, 11) is 0. The van der Waals surface area contributed by atoms with Crippen LogP contribution in [-0.2, 0) is 5.41 Å². The zero-order valence-corrected chi connectivity index (χ0v) is 12.1. The highest BCUT2D eigenvalue weighted by Gasteiger charge is 2.16. The molecule has 0 aliphatic rings. The zero-order valence-electron chi connectivity index (χ0n) is 12.1. The third-order valence-corrected chi connectivity index (χ3v) is 3.27. The number of nitrogens with zero attached hydrogens (tertiary/aromatic N) is 2. The van der Waals surface area contributed by atoms with E-state index in [0.29, 0.717) is 5.69 Å². The van der Waals surface area contributed by atoms with Crippen LogP contribution in [0.15, 0.2) is 30.6 Å². The summed E-state index contributed by atoms with van der Waals surface area (Å²) in [6.45, 7) is 8.42. The number of carbonyl (C=O) groups is 1. The largest absolute Gasteiger partial charge is 0.477 e. The molecular formula is C16H18N2O2. The Balaban J connectivity index is 2.57. The van der Waals surface area contributed by atoms with Crippen LogP contribution in [0.5, 0.6) is 0 Å². The van der Waals surface area contributed by atoms with Gasteiger partial charge >= 0.3 is 5.97 Å². The second-order valence-electron chi connectivity index (χ2n) is 5.87. The molecule has 20 heavy (non-hydrogen) atoms. The Bertz CT molecular complexity index is 658.